The summed E-state index contributed by atoms with van der Waals surface area (Å²) in [7, 11) is 1.70. The van der Waals surface area contributed by atoms with E-state index in [-0.39, 0.29) is 41.5 Å². The standard InChI is InChI=1S/C23H40N2O5/c1-16(2)9-10-18-22(3,30-18)20-19(27-4)17(11-12-23(20)15-28-23)29-21(26)25-14-8-6-5-7-13-24/h9,17-20H,5-8,10-15,24H2,1-4H3,(H,25,26)/t17?,18-,19?,20?,22+,23+/m1/s1. The molecule has 6 atom stereocenters. The molecule has 3 fully saturated rings. The van der Waals surface area contributed by atoms with E-state index in [0.717, 1.165) is 58.1 Å². The molecule has 0 radical (unpaired) electrons. The molecule has 3 rings (SSSR count). The van der Waals surface area contributed by atoms with Crippen LogP contribution in [0.1, 0.15) is 65.7 Å². The van der Waals surface area contributed by atoms with Crippen molar-refractivity contribution in [2.75, 3.05) is 26.8 Å². The van der Waals surface area contributed by atoms with Gasteiger partial charge in [-0.3, -0.25) is 0 Å². The molecule has 2 saturated heterocycles. The molecular weight excluding hydrogens is 384 g/mol. The number of carbonyl (C=O) groups is 1. The first-order valence-electron chi connectivity index (χ1n) is 11.5. The number of alkyl carbamates (subject to hydrolysis) is 1. The van der Waals surface area contributed by atoms with Gasteiger partial charge in [0.25, 0.3) is 0 Å². The monoisotopic (exact) mass is 424 g/mol. The third kappa shape index (κ3) is 5.36. The van der Waals surface area contributed by atoms with Crippen molar-refractivity contribution in [1.82, 2.24) is 5.32 Å². The number of ether oxygens (including phenoxy) is 4. The van der Waals surface area contributed by atoms with Crippen LogP contribution in [0.2, 0.25) is 0 Å². The van der Waals surface area contributed by atoms with Crippen LogP contribution in [0.5, 0.6) is 0 Å². The minimum atomic E-state index is -0.366. The van der Waals surface area contributed by atoms with Gasteiger partial charge >= 0.3 is 6.09 Å². The molecule has 1 spiro atoms. The molecule has 172 valence electrons. The maximum absolute atomic E-state index is 12.4. The fraction of sp³-hybridized carbons (Fsp3) is 0.870. The van der Waals surface area contributed by atoms with Crippen molar-refractivity contribution in [2.45, 2.75) is 95.2 Å². The Bertz CT molecular complexity index is 617. The van der Waals surface area contributed by atoms with Crippen molar-refractivity contribution in [1.29, 1.82) is 0 Å². The fourth-order valence-electron chi connectivity index (χ4n) is 5.06. The first kappa shape index (κ1) is 23.5. The van der Waals surface area contributed by atoms with Crippen LogP contribution in [0.4, 0.5) is 4.79 Å². The lowest BCUT2D eigenvalue weighted by molar-refractivity contribution is -0.118. The number of allylic oxidation sites excluding steroid dienone is 1. The van der Waals surface area contributed by atoms with Crippen LogP contribution in [0, 0.1) is 5.92 Å². The lowest BCUT2D eigenvalue weighted by atomic mass is 9.68. The summed E-state index contributed by atoms with van der Waals surface area (Å²) in [5.41, 5.74) is 6.28. The zero-order chi connectivity index (χ0) is 21.8. The van der Waals surface area contributed by atoms with Crippen molar-refractivity contribution in [3.8, 4) is 0 Å². The quantitative estimate of drug-likeness (QED) is 0.300. The van der Waals surface area contributed by atoms with Gasteiger partial charge in [0, 0.05) is 13.7 Å². The molecule has 1 amide bonds. The van der Waals surface area contributed by atoms with Crippen LogP contribution < -0.4 is 11.1 Å². The van der Waals surface area contributed by atoms with Crippen LogP contribution >= 0.6 is 0 Å². The first-order chi connectivity index (χ1) is 14.4. The molecule has 0 aromatic carbocycles. The van der Waals surface area contributed by atoms with Crippen molar-refractivity contribution in [3.63, 3.8) is 0 Å². The summed E-state index contributed by atoms with van der Waals surface area (Å²) in [4.78, 5) is 12.4. The second-order valence-corrected chi connectivity index (χ2v) is 9.45. The second kappa shape index (κ2) is 9.98. The zero-order valence-electron chi connectivity index (χ0n) is 19.1. The molecule has 2 aliphatic heterocycles. The van der Waals surface area contributed by atoms with E-state index in [1.165, 1.54) is 5.57 Å². The van der Waals surface area contributed by atoms with Gasteiger partial charge < -0.3 is 30.0 Å². The first-order valence-corrected chi connectivity index (χ1v) is 11.5. The van der Waals surface area contributed by atoms with E-state index in [1.807, 2.05) is 0 Å². The summed E-state index contributed by atoms with van der Waals surface area (Å²) in [6.45, 7) is 8.43. The number of nitrogens with two attached hydrogens (primary N) is 1. The molecule has 3 unspecified atom stereocenters. The Morgan fingerprint density at radius 2 is 2.00 bits per heavy atom. The Balaban J connectivity index is 1.56. The van der Waals surface area contributed by atoms with Gasteiger partial charge in [0.05, 0.1) is 18.6 Å². The topological polar surface area (TPSA) is 98.6 Å². The highest BCUT2D eigenvalue weighted by atomic mass is 16.6. The van der Waals surface area contributed by atoms with Crippen molar-refractivity contribution >= 4 is 6.09 Å². The van der Waals surface area contributed by atoms with Gasteiger partial charge in [0.15, 0.2) is 0 Å². The zero-order valence-corrected chi connectivity index (χ0v) is 19.1. The second-order valence-electron chi connectivity index (χ2n) is 9.45. The van der Waals surface area contributed by atoms with E-state index >= 15 is 0 Å². The van der Waals surface area contributed by atoms with E-state index in [9.17, 15) is 4.79 Å². The highest BCUT2D eigenvalue weighted by molar-refractivity contribution is 5.67. The molecule has 7 heteroatoms. The van der Waals surface area contributed by atoms with Crippen molar-refractivity contribution in [3.05, 3.63) is 11.6 Å². The van der Waals surface area contributed by atoms with E-state index < -0.39 is 0 Å². The average Bonchev–Trinajstić information content (AvgIpc) is 3.62. The molecule has 30 heavy (non-hydrogen) atoms. The number of hydrogen-bond acceptors (Lipinski definition) is 6. The van der Waals surface area contributed by atoms with Crippen LogP contribution in [0.3, 0.4) is 0 Å². The van der Waals surface area contributed by atoms with E-state index in [2.05, 4.69) is 32.2 Å². The molecule has 1 aliphatic carbocycles. The molecule has 0 aromatic heterocycles. The predicted octanol–water partition coefficient (Wildman–Crippen LogP) is 3.31. The summed E-state index contributed by atoms with van der Waals surface area (Å²) in [5.74, 6) is 0.0494. The van der Waals surface area contributed by atoms with Gasteiger partial charge in [-0.15, -0.1) is 0 Å². The van der Waals surface area contributed by atoms with Gasteiger partial charge in [-0.2, -0.15) is 0 Å². The minimum Gasteiger partial charge on any atom is -0.443 e. The number of methoxy groups -OCH3 is 1. The predicted molar refractivity (Wildman–Crippen MR) is 115 cm³/mol. The number of nitrogens with one attached hydrogen (secondary N) is 1. The molecule has 3 aliphatic rings. The van der Waals surface area contributed by atoms with Crippen LogP contribution in [0.25, 0.3) is 0 Å². The minimum absolute atomic E-state index is 0.0494. The Labute approximate surface area is 181 Å². The largest absolute Gasteiger partial charge is 0.443 e. The smallest absolute Gasteiger partial charge is 0.407 e. The van der Waals surface area contributed by atoms with E-state index in [4.69, 9.17) is 24.7 Å². The van der Waals surface area contributed by atoms with Crippen molar-refractivity contribution in [2.24, 2.45) is 11.7 Å². The highest BCUT2D eigenvalue weighted by Crippen LogP contribution is 2.59. The molecular formula is C23H40N2O5. The number of amides is 1. The summed E-state index contributed by atoms with van der Waals surface area (Å²) < 4.78 is 23.9. The molecule has 0 aromatic rings. The third-order valence-corrected chi connectivity index (χ3v) is 6.90. The van der Waals surface area contributed by atoms with E-state index in [0.29, 0.717) is 6.54 Å². The van der Waals surface area contributed by atoms with Gasteiger partial charge in [-0.1, -0.05) is 24.5 Å². The lowest BCUT2D eigenvalue weighted by Crippen LogP contribution is -2.56. The number of hydrogen-bond donors (Lipinski definition) is 2. The molecule has 0 bridgehead atoms. The summed E-state index contributed by atoms with van der Waals surface area (Å²) >= 11 is 0. The molecule has 3 N–H and O–H groups in total. The lowest BCUT2D eigenvalue weighted by Gasteiger charge is -2.42. The van der Waals surface area contributed by atoms with Gasteiger partial charge in [0.2, 0.25) is 0 Å². The van der Waals surface area contributed by atoms with Crippen LogP contribution in [-0.4, -0.2) is 62.4 Å². The summed E-state index contributed by atoms with van der Waals surface area (Å²) in [6.07, 6.45) is 8.09. The van der Waals surface area contributed by atoms with Crippen LogP contribution in [0.15, 0.2) is 11.6 Å². The number of rotatable bonds is 11. The van der Waals surface area contributed by atoms with Gasteiger partial charge in [0.1, 0.15) is 23.4 Å². The molecule has 7 nitrogen and oxygen atoms in total. The SMILES string of the molecule is COC1C(OC(=O)NCCCCCCN)CC[C@]2(CO2)C1[C@@]1(C)O[C@@H]1CC=C(C)C. The Morgan fingerprint density at radius 1 is 1.27 bits per heavy atom. The highest BCUT2D eigenvalue weighted by Gasteiger charge is 2.72. The molecule has 1 saturated carbocycles. The normalized spacial score (nSPS) is 37.0. The number of unbranched alkanes of at least 4 members (excludes halogenated alkanes) is 3. The van der Waals surface area contributed by atoms with Crippen LogP contribution in [-0.2, 0) is 18.9 Å². The average molecular weight is 425 g/mol. The van der Waals surface area contributed by atoms with Crippen molar-refractivity contribution < 1.29 is 23.7 Å². The Morgan fingerprint density at radius 3 is 2.63 bits per heavy atom. The summed E-state index contributed by atoms with van der Waals surface area (Å²) in [5, 5.41) is 2.88. The Hall–Kier alpha value is -1.15. The number of epoxide rings is 2. The van der Waals surface area contributed by atoms with Gasteiger partial charge in [-0.25, -0.2) is 4.79 Å². The fourth-order valence-corrected chi connectivity index (χ4v) is 5.06. The maximum Gasteiger partial charge on any atom is 0.407 e. The van der Waals surface area contributed by atoms with Gasteiger partial charge in [-0.05, 0) is 59.4 Å². The third-order valence-electron chi connectivity index (χ3n) is 6.90. The summed E-state index contributed by atoms with van der Waals surface area (Å²) in [6, 6.07) is 0. The Kier molecular flexibility index (Phi) is 7.82. The number of carbonyl (C=O) groups excluding carboxylic acids is 1. The molecule has 2 heterocycles. The van der Waals surface area contributed by atoms with E-state index in [1.54, 1.807) is 7.11 Å². The maximum atomic E-state index is 12.4.